The smallest absolute Gasteiger partial charge is 0.198 e. The van der Waals surface area contributed by atoms with Crippen LogP contribution in [0, 0.1) is 29.1 Å². The largest absolute Gasteiger partial charge is 0.374 e. The molecule has 2 aliphatic carbocycles. The summed E-state index contributed by atoms with van der Waals surface area (Å²) in [4.78, 5) is 0. The summed E-state index contributed by atoms with van der Waals surface area (Å²) in [6, 6.07) is 1.59. The summed E-state index contributed by atoms with van der Waals surface area (Å²) >= 11 is 0. The van der Waals surface area contributed by atoms with Crippen LogP contribution in [-0.4, -0.2) is 12.7 Å². The minimum absolute atomic E-state index is 0.550. The summed E-state index contributed by atoms with van der Waals surface area (Å²) in [6.45, 7) is 2.28. The molecule has 3 heteroatoms. The van der Waals surface area contributed by atoms with Crippen LogP contribution in [0.4, 0.5) is 4.39 Å². The molecular formula is C23H38FNO. The van der Waals surface area contributed by atoms with Gasteiger partial charge >= 0.3 is 0 Å². The number of halogens is 1. The Morgan fingerprint density at radius 2 is 1.65 bits per heavy atom. The van der Waals surface area contributed by atoms with E-state index in [9.17, 15) is 4.39 Å². The molecule has 0 aromatic carbocycles. The lowest BCUT2D eigenvalue weighted by Gasteiger charge is -2.41. The van der Waals surface area contributed by atoms with Crippen LogP contribution in [0.5, 0.6) is 0 Å². The van der Waals surface area contributed by atoms with Crippen LogP contribution >= 0.6 is 0 Å². The van der Waals surface area contributed by atoms with Crippen LogP contribution in [0.25, 0.3) is 0 Å². The van der Waals surface area contributed by atoms with Gasteiger partial charge in [-0.1, -0.05) is 58.3 Å². The second kappa shape index (κ2) is 11.1. The highest BCUT2D eigenvalue weighted by atomic mass is 19.1. The summed E-state index contributed by atoms with van der Waals surface area (Å²) in [5.41, 5.74) is -0.550. The molecule has 0 spiro atoms. The Hall–Kier alpha value is -0.880. The first-order valence-corrected chi connectivity index (χ1v) is 11.0. The fourth-order valence-corrected chi connectivity index (χ4v) is 5.26. The van der Waals surface area contributed by atoms with Gasteiger partial charge in [0.05, 0.1) is 5.60 Å². The van der Waals surface area contributed by atoms with Crippen LogP contribution in [0.1, 0.15) is 96.8 Å². The maximum Gasteiger partial charge on any atom is 0.198 e. The molecule has 148 valence electrons. The predicted octanol–water partition coefficient (Wildman–Crippen LogP) is 7.11. The summed E-state index contributed by atoms with van der Waals surface area (Å²) in [5.74, 6) is 1.88. The van der Waals surface area contributed by atoms with Crippen LogP contribution in [-0.2, 0) is 4.74 Å². The molecule has 2 nitrogen and oxygen atoms in total. The van der Waals surface area contributed by atoms with E-state index in [-0.39, 0.29) is 0 Å². The lowest BCUT2D eigenvalue weighted by atomic mass is 9.67. The minimum atomic E-state index is -0.704. The number of ether oxygens (including phenoxy) is 1. The SMILES string of the molecule is CCCCCCC[C@H]1CC[C@H]([C@H]2CC[C@@](C=C(F)C#N)(OC)CC2)CC1. The molecule has 0 aromatic heterocycles. The van der Waals surface area contributed by atoms with Gasteiger partial charge in [0.1, 0.15) is 6.07 Å². The van der Waals surface area contributed by atoms with Gasteiger partial charge < -0.3 is 4.74 Å². The number of methoxy groups -OCH3 is 1. The van der Waals surface area contributed by atoms with Gasteiger partial charge in [-0.15, -0.1) is 0 Å². The molecule has 0 radical (unpaired) electrons. The Kier molecular flexibility index (Phi) is 9.12. The molecule has 0 heterocycles. The molecule has 0 aromatic rings. The van der Waals surface area contributed by atoms with E-state index in [0.717, 1.165) is 43.4 Å². The topological polar surface area (TPSA) is 33.0 Å². The van der Waals surface area contributed by atoms with Crippen molar-refractivity contribution in [1.29, 1.82) is 5.26 Å². The van der Waals surface area contributed by atoms with Crippen molar-refractivity contribution in [2.24, 2.45) is 17.8 Å². The lowest BCUT2D eigenvalue weighted by Crippen LogP contribution is -2.37. The van der Waals surface area contributed by atoms with E-state index >= 15 is 0 Å². The van der Waals surface area contributed by atoms with Crippen LogP contribution in [0.3, 0.4) is 0 Å². The molecule has 26 heavy (non-hydrogen) atoms. The second-order valence-electron chi connectivity index (χ2n) is 8.69. The molecule has 0 bridgehead atoms. The highest BCUT2D eigenvalue weighted by Crippen LogP contribution is 2.44. The number of nitriles is 1. The van der Waals surface area contributed by atoms with Crippen molar-refractivity contribution in [2.45, 2.75) is 102 Å². The summed E-state index contributed by atoms with van der Waals surface area (Å²) in [7, 11) is 1.65. The molecule has 0 aliphatic heterocycles. The van der Waals surface area contributed by atoms with Crippen LogP contribution in [0.15, 0.2) is 11.9 Å². The molecule has 2 saturated carbocycles. The molecular weight excluding hydrogens is 325 g/mol. The molecule has 0 N–H and O–H groups in total. The maximum atomic E-state index is 13.4. The Morgan fingerprint density at radius 1 is 1.04 bits per heavy atom. The van der Waals surface area contributed by atoms with Crippen molar-refractivity contribution in [2.75, 3.05) is 7.11 Å². The fourth-order valence-electron chi connectivity index (χ4n) is 5.26. The van der Waals surface area contributed by atoms with Gasteiger partial charge in [-0.3, -0.25) is 0 Å². The van der Waals surface area contributed by atoms with Crippen LogP contribution < -0.4 is 0 Å². The summed E-state index contributed by atoms with van der Waals surface area (Å²) < 4.78 is 19.0. The molecule has 0 unspecified atom stereocenters. The van der Waals surface area contributed by atoms with E-state index in [2.05, 4.69) is 6.92 Å². The van der Waals surface area contributed by atoms with Crippen molar-refractivity contribution in [3.63, 3.8) is 0 Å². The number of allylic oxidation sites excluding steroid dienone is 1. The Labute approximate surface area is 160 Å². The number of nitrogens with zero attached hydrogens (tertiary/aromatic N) is 1. The van der Waals surface area contributed by atoms with E-state index in [1.807, 2.05) is 0 Å². The van der Waals surface area contributed by atoms with Crippen LogP contribution in [0.2, 0.25) is 0 Å². The zero-order valence-electron chi connectivity index (χ0n) is 16.9. The number of hydrogen-bond acceptors (Lipinski definition) is 2. The predicted molar refractivity (Wildman–Crippen MR) is 105 cm³/mol. The number of rotatable bonds is 9. The molecule has 2 fully saturated rings. The van der Waals surface area contributed by atoms with Gasteiger partial charge in [0, 0.05) is 7.11 Å². The average molecular weight is 364 g/mol. The second-order valence-corrected chi connectivity index (χ2v) is 8.69. The van der Waals surface area contributed by atoms with E-state index in [1.54, 1.807) is 13.2 Å². The Balaban J connectivity index is 1.70. The molecule has 2 aliphatic rings. The standard InChI is InChI=1S/C23H38FNO/c1-3-4-5-6-7-8-19-9-11-20(12-10-19)21-13-15-23(26-2,16-14-21)17-22(24)18-25/h17,19-21H,3-16H2,1-2H3/t19-,20-,21-,23+. The minimum Gasteiger partial charge on any atom is -0.374 e. The van der Waals surface area contributed by atoms with E-state index < -0.39 is 11.4 Å². The third kappa shape index (κ3) is 6.38. The zero-order chi connectivity index (χ0) is 18.8. The average Bonchev–Trinajstić information content (AvgIpc) is 2.69. The number of unbranched alkanes of at least 4 members (excludes halogenated alkanes) is 4. The lowest BCUT2D eigenvalue weighted by molar-refractivity contribution is -0.0211. The normalized spacial score (nSPS) is 33.0. The Morgan fingerprint density at radius 3 is 2.23 bits per heavy atom. The fraction of sp³-hybridized carbons (Fsp3) is 0.870. The Bertz CT molecular complexity index is 465. The molecule has 0 amide bonds. The third-order valence-electron chi connectivity index (χ3n) is 7.05. The first-order valence-electron chi connectivity index (χ1n) is 11.0. The zero-order valence-corrected chi connectivity index (χ0v) is 16.9. The van der Waals surface area contributed by atoms with Gasteiger partial charge in [0.25, 0.3) is 0 Å². The monoisotopic (exact) mass is 363 g/mol. The number of hydrogen-bond donors (Lipinski definition) is 0. The van der Waals surface area contributed by atoms with Gasteiger partial charge in [-0.2, -0.15) is 9.65 Å². The van der Waals surface area contributed by atoms with Gasteiger partial charge in [0.15, 0.2) is 5.83 Å². The van der Waals surface area contributed by atoms with Crippen molar-refractivity contribution in [1.82, 2.24) is 0 Å². The van der Waals surface area contributed by atoms with E-state index in [0.29, 0.717) is 0 Å². The van der Waals surface area contributed by atoms with Crippen molar-refractivity contribution < 1.29 is 9.13 Å². The van der Waals surface area contributed by atoms with Crippen molar-refractivity contribution >= 4 is 0 Å². The highest BCUT2D eigenvalue weighted by Gasteiger charge is 2.37. The van der Waals surface area contributed by atoms with Crippen molar-refractivity contribution in [3.05, 3.63) is 11.9 Å². The van der Waals surface area contributed by atoms with Gasteiger partial charge in [-0.25, -0.2) is 0 Å². The summed E-state index contributed by atoms with van der Waals surface area (Å²) in [6.07, 6.45) is 19.3. The van der Waals surface area contributed by atoms with Gasteiger partial charge in [-0.05, 0) is 62.4 Å². The first kappa shape index (κ1) is 21.4. The molecule has 0 atom stereocenters. The molecule has 2 rings (SSSR count). The molecule has 0 saturated heterocycles. The van der Waals surface area contributed by atoms with E-state index in [1.165, 1.54) is 70.3 Å². The van der Waals surface area contributed by atoms with Gasteiger partial charge in [0.2, 0.25) is 0 Å². The summed E-state index contributed by atoms with van der Waals surface area (Å²) in [5, 5.41) is 8.71. The quantitative estimate of drug-likeness (QED) is 0.323. The highest BCUT2D eigenvalue weighted by molar-refractivity contribution is 5.19. The maximum absolute atomic E-state index is 13.4. The first-order chi connectivity index (χ1) is 12.6. The van der Waals surface area contributed by atoms with Crippen molar-refractivity contribution in [3.8, 4) is 6.07 Å². The van der Waals surface area contributed by atoms with E-state index in [4.69, 9.17) is 10.00 Å². The third-order valence-corrected chi connectivity index (χ3v) is 7.05.